The molecule has 4 nitrogen and oxygen atoms in total. The van der Waals surface area contributed by atoms with Crippen LogP contribution in [0.15, 0.2) is 0 Å². The number of carbonyl (C=O) groups is 1. The van der Waals surface area contributed by atoms with Crippen LogP contribution in [0.25, 0.3) is 291 Å². The Kier molecular flexibility index (Phi) is 2.63. The van der Waals surface area contributed by atoms with Gasteiger partial charge in [0.25, 0.3) is 0 Å². The second-order valence-corrected chi connectivity index (χ2v) is 32.0. The van der Waals surface area contributed by atoms with Crippen molar-refractivity contribution in [1.82, 2.24) is 5.23 Å². The molecule has 2 spiro atoms. The fourth-order valence-corrected chi connectivity index (χ4v) is 26.0. The molecule has 0 radical (unpaired) electrons. The lowest BCUT2D eigenvalue weighted by atomic mass is 9.52. The highest BCUT2D eigenvalue weighted by molar-refractivity contribution is 6.82. The molecule has 1 heterocycles. The van der Waals surface area contributed by atoms with E-state index in [1.54, 1.807) is 280 Å². The normalized spacial score (nSPS) is 23.7. The highest BCUT2D eigenvalue weighted by atomic mass is 28.4. The third kappa shape index (κ3) is 1.63. The monoisotopic (exact) mass is 923 g/mol. The summed E-state index contributed by atoms with van der Waals surface area (Å²) >= 11 is 0. The van der Waals surface area contributed by atoms with Gasteiger partial charge in [0.1, 0.15) is 5.78 Å². The van der Waals surface area contributed by atoms with E-state index < -0.39 is 19.3 Å². The first-order valence-corrected chi connectivity index (χ1v) is 30.7. The minimum Gasteiger partial charge on any atom is -0.321 e. The average Bonchev–Trinajstić information content (AvgIpc) is 4.34. The van der Waals surface area contributed by atoms with Gasteiger partial charge >= 0.3 is 0 Å². The zero-order valence-electron chi connectivity index (χ0n) is 38.7. The van der Waals surface area contributed by atoms with Crippen LogP contribution in [-0.4, -0.2) is 25.4 Å². The van der Waals surface area contributed by atoms with Gasteiger partial charge in [0, 0.05) is 17.5 Å². The standard InChI is InChI=1S/C68H17NO3Si/c1-7(70)5-6-8-67-63-55-47-37-27-19-11-9-10-13-17-15(11)23-31-25(17)35-29-21(13)22-14(10)18-16-12(9)20(19)28-34-24(16)32-26(18)36-30(22)40-39(29)51-45(35)53-43(31)49(41(47)33(23)27)57(63)59(53)65-61(51)62-52(40)46(36)54-44(32)50-42(34)48(38(28)37)56(55)64(67)58(50)60(54)66(62)68(65,67)71-69(8)72-73(2,3)4/h8H,5-6H2,1-4H3. The molecule has 33 rings (SSSR count). The van der Waals surface area contributed by atoms with Gasteiger partial charge in [-0.05, 0) is 335 Å². The van der Waals surface area contributed by atoms with Crippen LogP contribution < -0.4 is 0 Å². The van der Waals surface area contributed by atoms with Gasteiger partial charge in [0.2, 0.25) is 8.32 Å². The second-order valence-electron chi connectivity index (χ2n) is 27.6. The summed E-state index contributed by atoms with van der Waals surface area (Å²) in [5, 5.41) is 87.6. The molecule has 73 heavy (non-hydrogen) atoms. The lowest BCUT2D eigenvalue weighted by Crippen LogP contribution is -2.54. The van der Waals surface area contributed by atoms with E-state index in [-0.39, 0.29) is 11.8 Å². The SMILES string of the molecule is CC(=O)CCC1N(O[Si](C)(C)C)OC23c4c5c6c7c8c9c(c%10c%11c2c2c4c4c%12c5c5c6c6c8c8c%13c9c9c%10c%10c%11c%11c2c2c4c4c%12c%12c5c5c6c8c6c8c%13c9c9c%10c%10c%11c2c2c4c4c%12c5c6c5c8c9c%10c2c45)C713. The zero-order valence-corrected chi connectivity index (χ0v) is 39.7. The van der Waals surface area contributed by atoms with E-state index >= 15 is 0 Å². The Morgan fingerprint density at radius 3 is 0.740 bits per heavy atom. The first kappa shape index (κ1) is 29.1. The van der Waals surface area contributed by atoms with Crippen molar-refractivity contribution in [3.8, 4) is 0 Å². The molecule has 0 saturated carbocycles. The number of hydrogen-bond donors (Lipinski definition) is 0. The topological polar surface area (TPSA) is 38.8 Å². The van der Waals surface area contributed by atoms with Gasteiger partial charge in [-0.2, -0.15) is 0 Å². The zero-order chi connectivity index (χ0) is 44.5. The van der Waals surface area contributed by atoms with Crippen molar-refractivity contribution in [3.05, 3.63) is 22.3 Å². The summed E-state index contributed by atoms with van der Waals surface area (Å²) in [4.78, 5) is 22.5. The molecule has 0 aromatic heterocycles. The van der Waals surface area contributed by atoms with E-state index in [0.29, 0.717) is 12.8 Å². The average molecular weight is 924 g/mol. The van der Waals surface area contributed by atoms with Gasteiger partial charge in [-0.3, -0.25) is 4.84 Å². The molecule has 1 aliphatic heterocycles. The predicted molar refractivity (Wildman–Crippen MR) is 305 cm³/mol. The summed E-state index contributed by atoms with van der Waals surface area (Å²) in [6, 6.07) is -0.223. The molecule has 316 valence electrons. The van der Waals surface area contributed by atoms with E-state index in [9.17, 15) is 4.79 Å². The van der Waals surface area contributed by atoms with Crippen LogP contribution in [0.2, 0.25) is 19.6 Å². The van der Waals surface area contributed by atoms with Crippen LogP contribution in [0.5, 0.6) is 0 Å². The third-order valence-electron chi connectivity index (χ3n) is 25.4. The van der Waals surface area contributed by atoms with Gasteiger partial charge in [-0.1, -0.05) is 5.23 Å². The number of ketones is 1. The first-order chi connectivity index (χ1) is 35.9. The highest BCUT2D eigenvalue weighted by Gasteiger charge is 2.78. The van der Waals surface area contributed by atoms with Gasteiger partial charge < -0.3 is 9.32 Å². The van der Waals surface area contributed by atoms with Crippen LogP contribution in [0, 0.1) is 0 Å². The number of hydroxylamine groups is 2. The molecule has 1 saturated heterocycles. The predicted octanol–water partition coefficient (Wildman–Crippen LogP) is 18.0. The molecule has 5 aliphatic rings. The molecule has 1 atom stereocenters. The van der Waals surface area contributed by atoms with Crippen LogP contribution in [0.4, 0.5) is 0 Å². The number of nitrogens with zero attached hydrogens (tertiary/aromatic N) is 1. The van der Waals surface area contributed by atoms with Crippen LogP contribution >= 0.6 is 0 Å². The molecule has 5 heteroatoms. The Labute approximate surface area is 400 Å². The summed E-state index contributed by atoms with van der Waals surface area (Å²) in [5.74, 6) is 0.248. The minimum atomic E-state index is -2.32. The Morgan fingerprint density at radius 1 is 0.356 bits per heavy atom. The fourth-order valence-electron chi connectivity index (χ4n) is 25.3. The number of Topliss-reactive ketones (excluding diaryl/α,β-unsaturated/α-hetero) is 1. The van der Waals surface area contributed by atoms with Crippen molar-refractivity contribution in [2.45, 2.75) is 56.5 Å². The van der Waals surface area contributed by atoms with Crippen LogP contribution in [0.3, 0.4) is 0 Å². The van der Waals surface area contributed by atoms with Gasteiger partial charge in [0.15, 0.2) is 5.60 Å². The first-order valence-electron chi connectivity index (χ1n) is 27.3. The lowest BCUT2D eigenvalue weighted by Gasteiger charge is -2.49. The second kappa shape index (κ2) is 6.60. The van der Waals surface area contributed by atoms with Crippen LogP contribution in [0.1, 0.15) is 42.0 Å². The summed E-state index contributed by atoms with van der Waals surface area (Å²) in [7, 11) is -2.32. The Bertz CT molecular complexity index is 7130. The Balaban J connectivity index is 1.14. The number of hydrogen-bond acceptors (Lipinski definition) is 4. The molecule has 1 unspecified atom stereocenters. The van der Waals surface area contributed by atoms with Crippen molar-refractivity contribution in [2.75, 3.05) is 0 Å². The van der Waals surface area contributed by atoms with Crippen molar-refractivity contribution in [3.63, 3.8) is 0 Å². The van der Waals surface area contributed by atoms with Gasteiger partial charge in [-0.15, -0.1) is 0 Å². The fraction of sp³-hybridized carbons (Fsp3) is 0.132. The molecule has 4 aliphatic carbocycles. The molecular weight excluding hydrogens is 907 g/mol. The maximum Gasteiger partial charge on any atom is 0.215 e. The van der Waals surface area contributed by atoms with E-state index in [2.05, 4.69) is 24.9 Å². The van der Waals surface area contributed by atoms with E-state index in [4.69, 9.17) is 9.36 Å². The van der Waals surface area contributed by atoms with Gasteiger partial charge in [0.05, 0.1) is 11.5 Å². The van der Waals surface area contributed by atoms with Crippen molar-refractivity contribution in [1.29, 1.82) is 0 Å². The smallest absolute Gasteiger partial charge is 0.215 e. The number of rotatable bonds is 5. The van der Waals surface area contributed by atoms with Crippen molar-refractivity contribution in [2.24, 2.45) is 0 Å². The van der Waals surface area contributed by atoms with Crippen molar-refractivity contribution < 1.29 is 14.2 Å². The molecule has 1 fully saturated rings. The molecule has 0 N–H and O–H groups in total. The van der Waals surface area contributed by atoms with Gasteiger partial charge in [-0.25, -0.2) is 0 Å². The maximum atomic E-state index is 13.9. The van der Waals surface area contributed by atoms with Crippen LogP contribution in [-0.2, 0) is 25.2 Å². The number of carbonyl (C=O) groups excluding carboxylic acids is 1. The van der Waals surface area contributed by atoms with E-state index in [1.807, 2.05) is 6.92 Å². The Hall–Kier alpha value is -7.77. The molecule has 0 bridgehead atoms. The molecule has 28 aromatic carbocycles. The van der Waals surface area contributed by atoms with Crippen molar-refractivity contribution >= 4 is 305 Å². The summed E-state index contributed by atoms with van der Waals surface area (Å²) in [5.41, 5.74) is 4.50. The maximum absolute atomic E-state index is 13.9. The highest BCUT2D eigenvalue weighted by Crippen LogP contribution is 2.86. The third-order valence-corrected chi connectivity index (χ3v) is 26.1. The quantitative estimate of drug-likeness (QED) is 0.127. The summed E-state index contributed by atoms with van der Waals surface area (Å²) < 4.78 is 7.62. The molecule has 28 aromatic rings. The number of benzene rings is 18. The molecule has 0 amide bonds. The van der Waals surface area contributed by atoms with E-state index in [1.165, 1.54) is 32.7 Å². The minimum absolute atomic E-state index is 0.223. The lowest BCUT2D eigenvalue weighted by molar-refractivity contribution is -0.343. The largest absolute Gasteiger partial charge is 0.321 e. The molecular formula is C68H17NO3Si. The summed E-state index contributed by atoms with van der Waals surface area (Å²) in [6.45, 7) is 8.83. The Morgan fingerprint density at radius 2 is 0.548 bits per heavy atom. The summed E-state index contributed by atoms with van der Waals surface area (Å²) in [6.07, 6.45) is 1.17. The van der Waals surface area contributed by atoms with E-state index in [0.717, 1.165) is 0 Å².